The van der Waals surface area contributed by atoms with Gasteiger partial charge < -0.3 is 20.1 Å². The lowest BCUT2D eigenvalue weighted by molar-refractivity contribution is -0.160. The number of carboxylic acid groups (broad SMARTS) is 1. The molecule has 0 aliphatic carbocycles. The maximum Gasteiger partial charge on any atom is 0.337 e. The van der Waals surface area contributed by atoms with Crippen molar-refractivity contribution in [1.82, 2.24) is 25.0 Å². The number of aryl methyl sites for hydroxylation is 2. The Hall–Kier alpha value is -3.83. The number of rotatable bonds is 6. The lowest BCUT2D eigenvalue weighted by atomic mass is 9.86. The van der Waals surface area contributed by atoms with Crippen LogP contribution in [0.1, 0.15) is 62.5 Å². The molecule has 2 aliphatic rings. The fourth-order valence-electron chi connectivity index (χ4n) is 7.16. The maximum atomic E-state index is 12.7. The first-order valence-corrected chi connectivity index (χ1v) is 17.1. The minimum Gasteiger partial charge on any atom is -0.479 e. The lowest BCUT2D eigenvalue weighted by Gasteiger charge is -2.42. The van der Waals surface area contributed by atoms with Gasteiger partial charge in [0.15, 0.2) is 6.10 Å². The highest BCUT2D eigenvalue weighted by Gasteiger charge is 2.36. The summed E-state index contributed by atoms with van der Waals surface area (Å²) in [5.74, 6) is -0.619. The lowest BCUT2D eigenvalue weighted by Crippen LogP contribution is -2.57. The SMILES string of the molecule is Cc1cc2nc(-c3ccc4c(c3)c(C3CCN5C(=O)CNC[C@@H]5C3)nn4C)sc2c(-c2ccc(Cl)cc2)c1[C@H](OC(C)(C)C)C(=O)O. The molecule has 7 rings (SSSR count). The molecular weight excluding hydrogens is 634 g/mol. The largest absolute Gasteiger partial charge is 0.479 e. The first-order chi connectivity index (χ1) is 22.4. The van der Waals surface area contributed by atoms with Crippen LogP contribution in [-0.4, -0.2) is 67.9 Å². The Labute approximate surface area is 282 Å². The van der Waals surface area contributed by atoms with Crippen LogP contribution < -0.4 is 5.32 Å². The number of hydrogen-bond donors (Lipinski definition) is 2. The van der Waals surface area contributed by atoms with E-state index >= 15 is 0 Å². The maximum absolute atomic E-state index is 12.7. The third kappa shape index (κ3) is 5.92. The number of aromatic nitrogens is 3. The Bertz CT molecular complexity index is 2030. The number of carbonyl (C=O) groups excluding carboxylic acids is 1. The van der Waals surface area contributed by atoms with E-state index in [9.17, 15) is 14.7 Å². The van der Waals surface area contributed by atoms with Crippen molar-refractivity contribution >= 4 is 55.9 Å². The Kier molecular flexibility index (Phi) is 8.11. The summed E-state index contributed by atoms with van der Waals surface area (Å²) in [4.78, 5) is 32.3. The topological polar surface area (TPSA) is 110 Å². The molecule has 9 nitrogen and oxygen atoms in total. The van der Waals surface area contributed by atoms with Crippen LogP contribution in [-0.2, 0) is 21.4 Å². The van der Waals surface area contributed by atoms with E-state index in [1.807, 2.05) is 74.7 Å². The molecule has 0 bridgehead atoms. The van der Waals surface area contributed by atoms with E-state index in [1.165, 1.54) is 0 Å². The highest BCUT2D eigenvalue weighted by Crippen LogP contribution is 2.45. The number of piperidine rings is 1. The number of halogens is 1. The second-order valence-electron chi connectivity index (χ2n) is 13.6. The number of amides is 1. The van der Waals surface area contributed by atoms with Gasteiger partial charge in [-0.3, -0.25) is 9.48 Å². The van der Waals surface area contributed by atoms with Crippen LogP contribution in [0.15, 0.2) is 48.5 Å². The van der Waals surface area contributed by atoms with Crippen LogP contribution in [0, 0.1) is 6.92 Å². The number of nitrogens with zero attached hydrogens (tertiary/aromatic N) is 4. The fourth-order valence-corrected chi connectivity index (χ4v) is 8.41. The monoisotopic (exact) mass is 671 g/mol. The summed E-state index contributed by atoms with van der Waals surface area (Å²) in [5.41, 5.74) is 6.25. The van der Waals surface area contributed by atoms with Crippen LogP contribution in [0.25, 0.3) is 42.8 Å². The Morgan fingerprint density at radius 1 is 1.15 bits per heavy atom. The number of fused-ring (bicyclic) bond motifs is 3. The summed E-state index contributed by atoms with van der Waals surface area (Å²) in [6, 6.07) is 16.0. The summed E-state index contributed by atoms with van der Waals surface area (Å²) in [7, 11) is 1.98. The van der Waals surface area contributed by atoms with Crippen LogP contribution in [0.4, 0.5) is 0 Å². The average Bonchev–Trinajstić information content (AvgIpc) is 3.60. The molecule has 2 aliphatic heterocycles. The van der Waals surface area contributed by atoms with Crippen molar-refractivity contribution in [2.75, 3.05) is 19.6 Å². The molecule has 47 heavy (non-hydrogen) atoms. The molecule has 2 fully saturated rings. The molecular formula is C36H38ClN5O4S. The highest BCUT2D eigenvalue weighted by atomic mass is 35.5. The van der Waals surface area contributed by atoms with Crippen LogP contribution in [0.2, 0.25) is 5.02 Å². The molecule has 0 saturated carbocycles. The second kappa shape index (κ2) is 12.0. The van der Waals surface area contributed by atoms with Gasteiger partial charge in [-0.2, -0.15) is 5.10 Å². The first kappa shape index (κ1) is 31.8. The van der Waals surface area contributed by atoms with Gasteiger partial charge in [0.05, 0.1) is 33.6 Å². The fraction of sp³-hybridized carbons (Fsp3) is 0.389. The zero-order valence-electron chi connectivity index (χ0n) is 27.1. The molecule has 11 heteroatoms. The van der Waals surface area contributed by atoms with E-state index in [4.69, 9.17) is 26.4 Å². The number of hydrogen-bond acceptors (Lipinski definition) is 7. The Morgan fingerprint density at radius 3 is 2.62 bits per heavy atom. The molecule has 244 valence electrons. The van der Waals surface area contributed by atoms with Crippen molar-refractivity contribution < 1.29 is 19.4 Å². The van der Waals surface area contributed by atoms with Crippen molar-refractivity contribution in [2.24, 2.45) is 7.05 Å². The van der Waals surface area contributed by atoms with E-state index in [-0.39, 0.29) is 17.9 Å². The standard InChI is InChI=1S/C36H38ClN5O4S/c1-19-14-26-33(30(20-6-9-23(37)10-7-20)29(19)32(35(44)45)46-36(2,3)4)47-34(39-26)22-8-11-27-25(16-22)31(40-41(27)5)21-12-13-42-24(15-21)17-38-18-28(42)43/h6-11,14,16,21,24,32,38H,12-13,15,17-18H2,1-5H3,(H,44,45)/t21?,24-,32-/m0/s1. The molecule has 4 heterocycles. The van der Waals surface area contributed by atoms with Crippen molar-refractivity contribution in [3.63, 3.8) is 0 Å². The predicted octanol–water partition coefficient (Wildman–Crippen LogP) is 7.10. The second-order valence-corrected chi connectivity index (χ2v) is 15.1. The zero-order chi connectivity index (χ0) is 33.2. The van der Waals surface area contributed by atoms with Crippen LogP contribution in [0.5, 0.6) is 0 Å². The van der Waals surface area contributed by atoms with E-state index in [0.717, 1.165) is 80.0 Å². The quantitative estimate of drug-likeness (QED) is 0.198. The summed E-state index contributed by atoms with van der Waals surface area (Å²) < 4.78 is 9.01. The normalized spacial score (nSPS) is 19.4. The molecule has 2 aromatic heterocycles. The van der Waals surface area contributed by atoms with Gasteiger partial charge in [0, 0.05) is 59.2 Å². The number of carboxylic acids is 1. The van der Waals surface area contributed by atoms with Gasteiger partial charge in [-0.1, -0.05) is 23.7 Å². The first-order valence-electron chi connectivity index (χ1n) is 16.0. The van der Waals surface area contributed by atoms with Crippen molar-refractivity contribution in [3.8, 4) is 21.7 Å². The summed E-state index contributed by atoms with van der Waals surface area (Å²) >= 11 is 7.82. The molecule has 0 spiro atoms. The van der Waals surface area contributed by atoms with Crippen LogP contribution in [0.3, 0.4) is 0 Å². The third-order valence-corrected chi connectivity index (χ3v) is 10.6. The predicted molar refractivity (Wildman–Crippen MR) is 186 cm³/mol. The highest BCUT2D eigenvalue weighted by molar-refractivity contribution is 7.22. The summed E-state index contributed by atoms with van der Waals surface area (Å²) in [5, 5.41) is 21.2. The molecule has 1 amide bonds. The Balaban J connectivity index is 1.35. The van der Waals surface area contributed by atoms with Gasteiger partial charge in [0.1, 0.15) is 5.01 Å². The molecule has 5 aromatic rings. The minimum atomic E-state index is -1.17. The molecule has 1 unspecified atom stereocenters. The van der Waals surface area contributed by atoms with Crippen molar-refractivity contribution in [1.29, 1.82) is 0 Å². The van der Waals surface area contributed by atoms with Gasteiger partial charge in [-0.05, 0) is 88.1 Å². The molecule has 0 radical (unpaired) electrons. The molecule has 2 N–H and O–H groups in total. The smallest absolute Gasteiger partial charge is 0.337 e. The number of aliphatic carboxylic acids is 1. The van der Waals surface area contributed by atoms with E-state index in [1.54, 1.807) is 11.3 Å². The average molecular weight is 672 g/mol. The number of nitrogens with one attached hydrogen (secondary N) is 1. The van der Waals surface area contributed by atoms with Crippen molar-refractivity contribution in [2.45, 2.75) is 64.2 Å². The van der Waals surface area contributed by atoms with Gasteiger partial charge >= 0.3 is 5.97 Å². The van der Waals surface area contributed by atoms with Crippen molar-refractivity contribution in [3.05, 3.63) is 70.4 Å². The minimum absolute atomic E-state index is 0.180. The van der Waals surface area contributed by atoms with Gasteiger partial charge in [0.25, 0.3) is 0 Å². The third-order valence-electron chi connectivity index (χ3n) is 9.22. The van der Waals surface area contributed by atoms with E-state index < -0.39 is 17.7 Å². The molecule has 3 atom stereocenters. The van der Waals surface area contributed by atoms with E-state index in [0.29, 0.717) is 17.1 Å². The Morgan fingerprint density at radius 2 is 1.89 bits per heavy atom. The van der Waals surface area contributed by atoms with Gasteiger partial charge in [-0.25, -0.2) is 9.78 Å². The number of piperazine rings is 1. The number of carbonyl (C=O) groups is 2. The summed E-state index contributed by atoms with van der Waals surface area (Å²) in [6.45, 7) is 9.48. The summed E-state index contributed by atoms with van der Waals surface area (Å²) in [6.07, 6.45) is 0.587. The van der Waals surface area contributed by atoms with Gasteiger partial charge in [-0.15, -0.1) is 11.3 Å². The number of ether oxygens (including phenoxy) is 1. The number of benzene rings is 3. The van der Waals surface area contributed by atoms with E-state index in [2.05, 4.69) is 23.5 Å². The zero-order valence-corrected chi connectivity index (χ0v) is 28.7. The number of thiazole rings is 1. The van der Waals surface area contributed by atoms with Gasteiger partial charge in [0.2, 0.25) is 5.91 Å². The van der Waals surface area contributed by atoms with Crippen LogP contribution >= 0.6 is 22.9 Å². The molecule has 2 saturated heterocycles. The molecule has 3 aromatic carbocycles.